The second kappa shape index (κ2) is 7.94. The maximum absolute atomic E-state index is 12.7. The number of halogens is 2. The van der Waals surface area contributed by atoms with Crippen molar-refractivity contribution >= 4 is 34.9 Å². The van der Waals surface area contributed by atoms with E-state index in [9.17, 15) is 9.59 Å². The lowest BCUT2D eigenvalue weighted by Crippen LogP contribution is -2.31. The van der Waals surface area contributed by atoms with Crippen LogP contribution in [0.5, 0.6) is 0 Å². The Morgan fingerprint density at radius 2 is 1.78 bits per heavy atom. The lowest BCUT2D eigenvalue weighted by molar-refractivity contribution is -0.117. The normalized spacial score (nSPS) is 10.7. The molecule has 1 amide bonds. The Labute approximate surface area is 166 Å². The van der Waals surface area contributed by atoms with Gasteiger partial charge in [-0.05, 0) is 43.7 Å². The summed E-state index contributed by atoms with van der Waals surface area (Å²) in [5.41, 5.74) is 2.92. The molecular weight excluding hydrogens is 385 g/mol. The molecule has 0 atom stereocenters. The topological polar surface area (TPSA) is 64.0 Å². The van der Waals surface area contributed by atoms with Crippen molar-refractivity contribution in [2.24, 2.45) is 0 Å². The molecule has 0 aliphatic heterocycles. The summed E-state index contributed by atoms with van der Waals surface area (Å²) in [5, 5.41) is 7.95. The summed E-state index contributed by atoms with van der Waals surface area (Å²) in [4.78, 5) is 25.1. The van der Waals surface area contributed by atoms with E-state index in [2.05, 4.69) is 10.4 Å². The molecule has 1 aromatic heterocycles. The first kappa shape index (κ1) is 19.1. The van der Waals surface area contributed by atoms with Crippen LogP contribution in [-0.4, -0.2) is 21.5 Å². The number of rotatable bonds is 5. The Morgan fingerprint density at radius 1 is 1.07 bits per heavy atom. The van der Waals surface area contributed by atoms with Crippen LogP contribution in [0.15, 0.2) is 48.5 Å². The number of nitrogens with zero attached hydrogens (tertiary/aromatic N) is 2. The number of amides is 1. The quantitative estimate of drug-likeness (QED) is 0.512. The van der Waals surface area contributed by atoms with E-state index < -0.39 is 11.7 Å². The van der Waals surface area contributed by atoms with Crippen molar-refractivity contribution in [1.29, 1.82) is 0 Å². The molecule has 0 unspecified atom stereocenters. The van der Waals surface area contributed by atoms with Crippen molar-refractivity contribution in [3.8, 4) is 5.69 Å². The molecule has 3 rings (SSSR count). The highest BCUT2D eigenvalue weighted by atomic mass is 35.5. The fourth-order valence-corrected chi connectivity index (χ4v) is 3.30. The van der Waals surface area contributed by atoms with Crippen LogP contribution in [0, 0.1) is 13.8 Å². The van der Waals surface area contributed by atoms with Crippen LogP contribution >= 0.6 is 23.2 Å². The monoisotopic (exact) mass is 401 g/mol. The molecule has 0 spiro atoms. The molecular formula is C20H17Cl2N3O2. The first-order valence-corrected chi connectivity index (χ1v) is 9.02. The van der Waals surface area contributed by atoms with Gasteiger partial charge < -0.3 is 5.32 Å². The largest absolute Gasteiger partial charge is 0.345 e. The Morgan fingerprint density at radius 3 is 2.44 bits per heavy atom. The fraction of sp³-hybridized carbons (Fsp3) is 0.150. The van der Waals surface area contributed by atoms with Crippen LogP contribution in [0.25, 0.3) is 5.69 Å². The average molecular weight is 402 g/mol. The first-order valence-electron chi connectivity index (χ1n) is 8.26. The predicted octanol–water partition coefficient (Wildman–Crippen LogP) is 4.30. The molecule has 2 aromatic carbocycles. The maximum atomic E-state index is 12.7. The van der Waals surface area contributed by atoms with Gasteiger partial charge in [-0.15, -0.1) is 0 Å². The fourth-order valence-electron chi connectivity index (χ4n) is 2.83. The summed E-state index contributed by atoms with van der Waals surface area (Å²) in [6, 6.07) is 14.4. The number of ketones is 1. The van der Waals surface area contributed by atoms with E-state index >= 15 is 0 Å². The van der Waals surface area contributed by atoms with Crippen molar-refractivity contribution in [2.45, 2.75) is 20.4 Å². The van der Waals surface area contributed by atoms with Crippen molar-refractivity contribution in [1.82, 2.24) is 15.1 Å². The minimum atomic E-state index is -0.708. The summed E-state index contributed by atoms with van der Waals surface area (Å²) >= 11 is 12.0. The Hall–Kier alpha value is -2.63. The van der Waals surface area contributed by atoms with Crippen molar-refractivity contribution in [2.75, 3.05) is 0 Å². The molecule has 0 radical (unpaired) electrons. The molecule has 1 heterocycles. The van der Waals surface area contributed by atoms with Crippen LogP contribution in [0.3, 0.4) is 0 Å². The summed E-state index contributed by atoms with van der Waals surface area (Å²) in [6.07, 6.45) is 0. The minimum Gasteiger partial charge on any atom is -0.345 e. The van der Waals surface area contributed by atoms with Gasteiger partial charge in [0.05, 0.1) is 22.6 Å². The summed E-state index contributed by atoms with van der Waals surface area (Å²) in [7, 11) is 0. The van der Waals surface area contributed by atoms with Gasteiger partial charge in [0.15, 0.2) is 0 Å². The number of nitrogens with one attached hydrogen (secondary N) is 1. The predicted molar refractivity (Wildman–Crippen MR) is 106 cm³/mol. The highest BCUT2D eigenvalue weighted by Crippen LogP contribution is 2.21. The summed E-state index contributed by atoms with van der Waals surface area (Å²) in [6.45, 7) is 3.61. The van der Waals surface area contributed by atoms with Crippen LogP contribution in [0.1, 0.15) is 27.3 Å². The number of para-hydroxylation sites is 1. The van der Waals surface area contributed by atoms with E-state index in [1.165, 1.54) is 0 Å². The second-order valence-corrected chi connectivity index (χ2v) is 6.88. The number of aromatic nitrogens is 2. The minimum absolute atomic E-state index is 0.130. The third kappa shape index (κ3) is 4.04. The van der Waals surface area contributed by atoms with Gasteiger partial charge in [0.2, 0.25) is 0 Å². The molecule has 138 valence electrons. The molecule has 7 heteroatoms. The Kier molecular flexibility index (Phi) is 5.63. The second-order valence-electron chi connectivity index (χ2n) is 6.04. The van der Waals surface area contributed by atoms with E-state index in [1.807, 2.05) is 30.3 Å². The lowest BCUT2D eigenvalue weighted by atomic mass is 10.1. The number of Topliss-reactive ketones (excluding diaryl/α,β-unsaturated/α-hetero) is 1. The molecule has 0 fully saturated rings. The Balaban J connectivity index is 1.79. The van der Waals surface area contributed by atoms with Gasteiger partial charge in [-0.25, -0.2) is 4.68 Å². The number of hydrogen-bond acceptors (Lipinski definition) is 3. The van der Waals surface area contributed by atoms with Gasteiger partial charge >= 0.3 is 0 Å². The summed E-state index contributed by atoms with van der Waals surface area (Å²) < 4.78 is 1.66. The molecule has 0 saturated carbocycles. The van der Waals surface area contributed by atoms with Gasteiger partial charge in [0.1, 0.15) is 0 Å². The van der Waals surface area contributed by atoms with Gasteiger partial charge in [0, 0.05) is 16.6 Å². The zero-order valence-corrected chi connectivity index (χ0v) is 16.3. The zero-order valence-electron chi connectivity index (χ0n) is 14.8. The van der Waals surface area contributed by atoms with Gasteiger partial charge in [-0.1, -0.05) is 47.5 Å². The summed E-state index contributed by atoms with van der Waals surface area (Å²) in [5.74, 6) is -1.34. The van der Waals surface area contributed by atoms with Crippen LogP contribution in [0.4, 0.5) is 0 Å². The van der Waals surface area contributed by atoms with E-state index in [0.717, 1.165) is 5.69 Å². The van der Waals surface area contributed by atoms with Crippen molar-refractivity contribution in [3.63, 3.8) is 0 Å². The smallest absolute Gasteiger partial charge is 0.292 e. The average Bonchev–Trinajstić information content (AvgIpc) is 2.95. The van der Waals surface area contributed by atoms with Crippen molar-refractivity contribution < 1.29 is 9.59 Å². The number of benzene rings is 2. The van der Waals surface area contributed by atoms with E-state index in [4.69, 9.17) is 23.2 Å². The van der Waals surface area contributed by atoms with Crippen molar-refractivity contribution in [3.05, 3.63) is 81.1 Å². The molecule has 0 bridgehead atoms. The standard InChI is InChI=1S/C20H17Cl2N3O2/c1-12-18(13(2)25(24-12)16-6-4-3-5-7-16)19(26)20(27)23-11-14-8-9-15(21)10-17(14)22/h3-10H,11H2,1-2H3,(H,23,27). The third-order valence-corrected chi connectivity index (χ3v) is 4.77. The maximum Gasteiger partial charge on any atom is 0.292 e. The van der Waals surface area contributed by atoms with Crippen LogP contribution in [0.2, 0.25) is 10.0 Å². The first-order chi connectivity index (χ1) is 12.9. The molecule has 5 nitrogen and oxygen atoms in total. The number of aryl methyl sites for hydroxylation is 1. The van der Waals surface area contributed by atoms with E-state index in [0.29, 0.717) is 32.6 Å². The SMILES string of the molecule is Cc1nn(-c2ccccc2)c(C)c1C(=O)C(=O)NCc1ccc(Cl)cc1Cl. The zero-order chi connectivity index (χ0) is 19.6. The third-order valence-electron chi connectivity index (χ3n) is 4.18. The highest BCUT2D eigenvalue weighted by Gasteiger charge is 2.25. The van der Waals surface area contributed by atoms with Gasteiger partial charge in [-0.2, -0.15) is 5.10 Å². The molecule has 0 aliphatic carbocycles. The molecule has 0 saturated heterocycles. The van der Waals surface area contributed by atoms with Gasteiger partial charge in [0.25, 0.3) is 11.7 Å². The van der Waals surface area contributed by atoms with Gasteiger partial charge in [-0.3, -0.25) is 9.59 Å². The molecule has 1 N–H and O–H groups in total. The Bertz CT molecular complexity index is 1010. The highest BCUT2D eigenvalue weighted by molar-refractivity contribution is 6.43. The number of carbonyl (C=O) groups is 2. The molecule has 27 heavy (non-hydrogen) atoms. The number of carbonyl (C=O) groups excluding carboxylic acids is 2. The van der Waals surface area contributed by atoms with E-state index in [1.54, 1.807) is 36.7 Å². The van der Waals surface area contributed by atoms with E-state index in [-0.39, 0.29) is 6.54 Å². The molecule has 3 aromatic rings. The lowest BCUT2D eigenvalue weighted by Gasteiger charge is -2.08. The number of hydrogen-bond donors (Lipinski definition) is 1. The van der Waals surface area contributed by atoms with Crippen LogP contribution in [-0.2, 0) is 11.3 Å². The molecule has 0 aliphatic rings. The van der Waals surface area contributed by atoms with Crippen LogP contribution < -0.4 is 5.32 Å².